The van der Waals surface area contributed by atoms with Crippen LogP contribution in [0.5, 0.6) is 0 Å². The summed E-state index contributed by atoms with van der Waals surface area (Å²) in [7, 11) is 0. The second kappa shape index (κ2) is 5.18. The van der Waals surface area contributed by atoms with E-state index in [4.69, 9.17) is 11.6 Å². The van der Waals surface area contributed by atoms with Gasteiger partial charge in [0.05, 0.1) is 0 Å². The molecule has 1 heterocycles. The van der Waals surface area contributed by atoms with Crippen LogP contribution < -0.4 is 5.32 Å². The smallest absolute Gasteiger partial charge is 0.358 e. The summed E-state index contributed by atoms with van der Waals surface area (Å²) in [5.74, 6) is 0. The van der Waals surface area contributed by atoms with Crippen molar-refractivity contribution in [1.82, 2.24) is 10.2 Å². The number of nitrogens with zero attached hydrogens (tertiary/aromatic N) is 2. The monoisotopic (exact) mass is 273 g/mol. The fourth-order valence-corrected chi connectivity index (χ4v) is 2.14. The second-order valence-electron chi connectivity index (χ2n) is 3.47. The molecule has 0 aliphatic rings. The van der Waals surface area contributed by atoms with Crippen LogP contribution in [0.15, 0.2) is 0 Å². The van der Waals surface area contributed by atoms with Gasteiger partial charge < -0.3 is 5.32 Å². The molecule has 0 saturated heterocycles. The quantitative estimate of drug-likeness (QED) is 0.855. The van der Waals surface area contributed by atoms with E-state index >= 15 is 0 Å². The van der Waals surface area contributed by atoms with Crippen LogP contribution in [0, 0.1) is 0 Å². The Bertz CT molecular complexity index is 340. The van der Waals surface area contributed by atoms with Crippen LogP contribution in [-0.2, 0) is 6.18 Å². The van der Waals surface area contributed by atoms with Crippen molar-refractivity contribution < 1.29 is 13.2 Å². The van der Waals surface area contributed by atoms with E-state index in [2.05, 4.69) is 15.5 Å². The van der Waals surface area contributed by atoms with E-state index in [0.717, 1.165) is 0 Å². The van der Waals surface area contributed by atoms with Crippen LogP contribution in [-0.4, -0.2) is 21.6 Å². The van der Waals surface area contributed by atoms with Gasteiger partial charge in [0, 0.05) is 11.4 Å². The normalized spacial score (nSPS) is 15.9. The molecule has 16 heavy (non-hydrogen) atoms. The number of hydrogen-bond acceptors (Lipinski definition) is 4. The summed E-state index contributed by atoms with van der Waals surface area (Å²) < 4.78 is 36.6. The van der Waals surface area contributed by atoms with Crippen molar-refractivity contribution in [1.29, 1.82) is 0 Å². The van der Waals surface area contributed by atoms with Crippen molar-refractivity contribution in [2.75, 3.05) is 5.32 Å². The fraction of sp³-hybridized carbons (Fsp3) is 0.750. The van der Waals surface area contributed by atoms with Gasteiger partial charge in [-0.15, -0.1) is 21.8 Å². The minimum absolute atomic E-state index is 0.0402. The van der Waals surface area contributed by atoms with Gasteiger partial charge in [-0.05, 0) is 20.3 Å². The average molecular weight is 274 g/mol. The Labute approximate surface area is 100 Å². The Kier molecular flexibility index (Phi) is 4.37. The van der Waals surface area contributed by atoms with Gasteiger partial charge in [-0.25, -0.2) is 0 Å². The number of aromatic nitrogens is 2. The van der Waals surface area contributed by atoms with Gasteiger partial charge in [-0.2, -0.15) is 13.2 Å². The van der Waals surface area contributed by atoms with Crippen molar-refractivity contribution in [3.05, 3.63) is 5.01 Å². The maximum absolute atomic E-state index is 12.2. The van der Waals surface area contributed by atoms with E-state index in [1.54, 1.807) is 0 Å². The molecule has 92 valence electrons. The highest BCUT2D eigenvalue weighted by molar-refractivity contribution is 7.15. The lowest BCUT2D eigenvalue weighted by molar-refractivity contribution is -0.138. The Hall–Kier alpha value is -0.560. The van der Waals surface area contributed by atoms with E-state index < -0.39 is 11.2 Å². The lowest BCUT2D eigenvalue weighted by Gasteiger charge is -2.13. The molecular formula is C8H11ClF3N3S. The van der Waals surface area contributed by atoms with Gasteiger partial charge in [-0.3, -0.25) is 0 Å². The van der Waals surface area contributed by atoms with E-state index in [9.17, 15) is 13.2 Å². The number of alkyl halides is 4. The lowest BCUT2D eigenvalue weighted by atomic mass is 10.2. The van der Waals surface area contributed by atoms with Gasteiger partial charge in [0.25, 0.3) is 0 Å². The number of halogens is 4. The average Bonchev–Trinajstić information content (AvgIpc) is 2.49. The van der Waals surface area contributed by atoms with Crippen molar-refractivity contribution >= 4 is 28.1 Å². The fourth-order valence-electron chi connectivity index (χ4n) is 1.15. The minimum Gasteiger partial charge on any atom is -0.358 e. The number of anilines is 1. The second-order valence-corrected chi connectivity index (χ2v) is 5.19. The Morgan fingerprint density at radius 1 is 1.38 bits per heavy atom. The standard InChI is InChI=1S/C8H11ClF3N3S/c1-4(9)3-5(2)13-7-15-14-6(16-7)8(10,11)12/h4-5H,3H2,1-2H3,(H,13,15). The summed E-state index contributed by atoms with van der Waals surface area (Å²) in [5.41, 5.74) is 0. The van der Waals surface area contributed by atoms with Crippen molar-refractivity contribution in [3.63, 3.8) is 0 Å². The Morgan fingerprint density at radius 2 is 2.00 bits per heavy atom. The first-order valence-electron chi connectivity index (χ1n) is 4.60. The van der Waals surface area contributed by atoms with Crippen LogP contribution in [0.2, 0.25) is 0 Å². The maximum atomic E-state index is 12.2. The minimum atomic E-state index is -4.43. The van der Waals surface area contributed by atoms with Crippen molar-refractivity contribution in [2.24, 2.45) is 0 Å². The summed E-state index contributed by atoms with van der Waals surface area (Å²) in [6.45, 7) is 3.65. The van der Waals surface area contributed by atoms with Crippen LogP contribution >= 0.6 is 22.9 Å². The predicted molar refractivity (Wildman–Crippen MR) is 57.9 cm³/mol. The first kappa shape index (κ1) is 13.5. The first-order valence-corrected chi connectivity index (χ1v) is 5.85. The molecule has 0 radical (unpaired) electrons. The summed E-state index contributed by atoms with van der Waals surface area (Å²) >= 11 is 6.26. The molecular weight excluding hydrogens is 263 g/mol. The van der Waals surface area contributed by atoms with E-state index in [1.807, 2.05) is 13.8 Å². The topological polar surface area (TPSA) is 37.8 Å². The molecule has 0 aliphatic carbocycles. The Balaban J connectivity index is 2.59. The maximum Gasteiger partial charge on any atom is 0.445 e. The largest absolute Gasteiger partial charge is 0.445 e. The third-order valence-electron chi connectivity index (χ3n) is 1.72. The zero-order valence-electron chi connectivity index (χ0n) is 8.68. The molecule has 0 bridgehead atoms. The third-order valence-corrected chi connectivity index (χ3v) is 2.79. The molecule has 8 heteroatoms. The van der Waals surface area contributed by atoms with E-state index in [0.29, 0.717) is 17.8 Å². The highest BCUT2D eigenvalue weighted by Gasteiger charge is 2.35. The lowest BCUT2D eigenvalue weighted by Crippen LogP contribution is -2.18. The zero-order chi connectivity index (χ0) is 12.3. The highest BCUT2D eigenvalue weighted by atomic mass is 35.5. The van der Waals surface area contributed by atoms with Gasteiger partial charge >= 0.3 is 6.18 Å². The molecule has 0 aliphatic heterocycles. The molecule has 1 aromatic heterocycles. The third kappa shape index (κ3) is 4.13. The van der Waals surface area contributed by atoms with Gasteiger partial charge in [0.2, 0.25) is 10.1 Å². The van der Waals surface area contributed by atoms with Crippen LogP contribution in [0.4, 0.5) is 18.3 Å². The van der Waals surface area contributed by atoms with Crippen LogP contribution in [0.25, 0.3) is 0 Å². The summed E-state index contributed by atoms with van der Waals surface area (Å²) in [5, 5.41) is 8.49. The number of hydrogen-bond donors (Lipinski definition) is 1. The molecule has 0 aromatic carbocycles. The summed E-state index contributed by atoms with van der Waals surface area (Å²) in [6, 6.07) is -0.0402. The molecule has 3 nitrogen and oxygen atoms in total. The number of nitrogens with one attached hydrogen (secondary N) is 1. The van der Waals surface area contributed by atoms with E-state index in [1.165, 1.54) is 0 Å². The van der Waals surface area contributed by atoms with E-state index in [-0.39, 0.29) is 16.6 Å². The van der Waals surface area contributed by atoms with Crippen molar-refractivity contribution in [2.45, 2.75) is 37.9 Å². The first-order chi connectivity index (χ1) is 7.29. The predicted octanol–water partition coefficient (Wildman–Crippen LogP) is 3.37. The molecule has 2 unspecified atom stereocenters. The van der Waals surface area contributed by atoms with Crippen LogP contribution in [0.1, 0.15) is 25.3 Å². The highest BCUT2D eigenvalue weighted by Crippen LogP contribution is 2.33. The summed E-state index contributed by atoms with van der Waals surface area (Å²) in [6.07, 6.45) is -3.79. The van der Waals surface area contributed by atoms with Crippen molar-refractivity contribution in [3.8, 4) is 0 Å². The van der Waals surface area contributed by atoms with Gasteiger partial charge in [0.15, 0.2) is 0 Å². The molecule has 0 fully saturated rings. The van der Waals surface area contributed by atoms with Gasteiger partial charge in [0.1, 0.15) is 0 Å². The molecule has 1 aromatic rings. The van der Waals surface area contributed by atoms with Gasteiger partial charge in [-0.1, -0.05) is 11.3 Å². The molecule has 1 rings (SSSR count). The molecule has 0 amide bonds. The number of rotatable bonds is 4. The SMILES string of the molecule is CC(Cl)CC(C)Nc1nnc(C(F)(F)F)s1. The summed E-state index contributed by atoms with van der Waals surface area (Å²) in [4.78, 5) is 0. The molecule has 0 spiro atoms. The Morgan fingerprint density at radius 3 is 2.44 bits per heavy atom. The molecule has 2 atom stereocenters. The zero-order valence-corrected chi connectivity index (χ0v) is 10.2. The molecule has 0 saturated carbocycles. The van der Waals surface area contributed by atoms with Crippen LogP contribution in [0.3, 0.4) is 0 Å². The molecule has 1 N–H and O–H groups in total.